The molecule has 5 nitrogen and oxygen atoms in total. The molecule has 2 aliphatic rings. The van der Waals surface area contributed by atoms with Crippen molar-refractivity contribution in [2.24, 2.45) is 5.92 Å². The number of aryl methyl sites for hydroxylation is 1. The number of H-pyrrole nitrogens is 1. The van der Waals surface area contributed by atoms with Crippen LogP contribution in [0.5, 0.6) is 0 Å². The van der Waals surface area contributed by atoms with Gasteiger partial charge in [0.1, 0.15) is 11.6 Å². The third-order valence-corrected chi connectivity index (χ3v) is 6.41. The monoisotopic (exact) mass is 392 g/mol. The Balaban J connectivity index is 1.34. The summed E-state index contributed by atoms with van der Waals surface area (Å²) in [6.07, 6.45) is 3.87. The van der Waals surface area contributed by atoms with Crippen LogP contribution in [0.4, 0.5) is 4.39 Å². The van der Waals surface area contributed by atoms with Crippen LogP contribution >= 0.6 is 0 Å². The first kappa shape index (κ1) is 18.3. The van der Waals surface area contributed by atoms with E-state index in [2.05, 4.69) is 20.5 Å². The maximum Gasteiger partial charge on any atom is 0.254 e. The van der Waals surface area contributed by atoms with Gasteiger partial charge in [-0.1, -0.05) is 18.2 Å². The summed E-state index contributed by atoms with van der Waals surface area (Å²) < 4.78 is 16.2. The van der Waals surface area contributed by atoms with E-state index in [1.54, 1.807) is 6.07 Å². The van der Waals surface area contributed by atoms with Gasteiger partial charge in [0.2, 0.25) is 0 Å². The number of hydrogen-bond acceptors (Lipinski definition) is 3. The normalized spacial score (nSPS) is 21.2. The molecule has 6 heteroatoms. The smallest absolute Gasteiger partial charge is 0.254 e. The van der Waals surface area contributed by atoms with Crippen molar-refractivity contribution in [3.8, 4) is 0 Å². The molecule has 0 bridgehead atoms. The molecule has 0 unspecified atom stereocenters. The number of likely N-dealkylation sites (tertiary alicyclic amines) is 1. The van der Waals surface area contributed by atoms with E-state index in [0.717, 1.165) is 43.7 Å². The van der Waals surface area contributed by atoms with Crippen LogP contribution in [0.25, 0.3) is 0 Å². The van der Waals surface area contributed by atoms with Gasteiger partial charge < -0.3 is 9.55 Å². The minimum atomic E-state index is -0.164. The van der Waals surface area contributed by atoms with Gasteiger partial charge in [-0.3, -0.25) is 9.69 Å². The van der Waals surface area contributed by atoms with Crippen molar-refractivity contribution in [1.29, 1.82) is 0 Å². The molecule has 2 aromatic heterocycles. The lowest BCUT2D eigenvalue weighted by Gasteiger charge is -2.25. The highest BCUT2D eigenvalue weighted by atomic mass is 19.1. The van der Waals surface area contributed by atoms with Gasteiger partial charge in [0.25, 0.3) is 5.56 Å². The molecule has 0 saturated carbocycles. The van der Waals surface area contributed by atoms with Gasteiger partial charge in [-0.25, -0.2) is 9.37 Å². The summed E-state index contributed by atoms with van der Waals surface area (Å²) in [6.45, 7) is 5.15. The van der Waals surface area contributed by atoms with E-state index in [0.29, 0.717) is 29.8 Å². The maximum absolute atomic E-state index is 14.1. The third kappa shape index (κ3) is 3.42. The molecule has 3 aromatic rings. The lowest BCUT2D eigenvalue weighted by Crippen LogP contribution is -2.28. The zero-order chi connectivity index (χ0) is 20.0. The molecule has 0 radical (unpaired) electrons. The molecule has 3 heterocycles. The second-order valence-electron chi connectivity index (χ2n) is 8.33. The summed E-state index contributed by atoms with van der Waals surface area (Å²) in [5, 5.41) is 0. The van der Waals surface area contributed by atoms with E-state index in [-0.39, 0.29) is 11.4 Å². The van der Waals surface area contributed by atoms with Gasteiger partial charge >= 0.3 is 0 Å². The number of hydrogen-bond donors (Lipinski definition) is 1. The molecule has 1 fully saturated rings. The Bertz CT molecular complexity index is 1100. The van der Waals surface area contributed by atoms with Gasteiger partial charge in [-0.05, 0) is 43.9 Å². The first-order valence-electron chi connectivity index (χ1n) is 10.3. The average Bonchev–Trinajstić information content (AvgIpc) is 3.30. The fourth-order valence-corrected chi connectivity index (χ4v) is 4.99. The van der Waals surface area contributed by atoms with Crippen molar-refractivity contribution in [2.75, 3.05) is 13.1 Å². The lowest BCUT2D eigenvalue weighted by atomic mass is 9.80. The molecule has 1 N–H and O–H groups in total. The fourth-order valence-electron chi connectivity index (χ4n) is 4.99. The minimum absolute atomic E-state index is 0.0307. The first-order valence-corrected chi connectivity index (χ1v) is 10.3. The molecular weight excluding hydrogens is 367 g/mol. The SMILES string of the molecule is Cc1nc2c(c(=O)[nH]1)CC[C@@H]1CN(Cc3cccn3Cc3ccccc3F)C[C@H]21. The Kier molecular flexibility index (Phi) is 4.59. The molecule has 1 aliphatic carbocycles. The summed E-state index contributed by atoms with van der Waals surface area (Å²) in [7, 11) is 0. The van der Waals surface area contributed by atoms with Crippen molar-refractivity contribution in [1.82, 2.24) is 19.4 Å². The second-order valence-corrected chi connectivity index (χ2v) is 8.33. The molecule has 1 aromatic carbocycles. The van der Waals surface area contributed by atoms with Gasteiger partial charge in [-0.2, -0.15) is 0 Å². The maximum atomic E-state index is 14.1. The standard InChI is InChI=1S/C23H25FN4O/c1-15-25-22-19(23(29)26-15)9-8-16-11-27(14-20(16)22)13-18-6-4-10-28(18)12-17-5-2-3-7-21(17)24/h2-7,10,16,20H,8-9,11-14H2,1H3,(H,25,26,29)/t16-,20+/m1/s1. The molecule has 0 spiro atoms. The highest BCUT2D eigenvalue weighted by Crippen LogP contribution is 2.39. The third-order valence-electron chi connectivity index (χ3n) is 6.41. The zero-order valence-electron chi connectivity index (χ0n) is 16.6. The van der Waals surface area contributed by atoms with E-state index >= 15 is 0 Å². The van der Waals surface area contributed by atoms with Crippen LogP contribution in [0, 0.1) is 18.7 Å². The quantitative estimate of drug-likeness (QED) is 0.742. The number of nitrogens with one attached hydrogen (secondary N) is 1. The molecule has 29 heavy (non-hydrogen) atoms. The van der Waals surface area contributed by atoms with Crippen molar-refractivity contribution in [3.63, 3.8) is 0 Å². The van der Waals surface area contributed by atoms with Crippen molar-refractivity contribution >= 4 is 0 Å². The number of aromatic amines is 1. The van der Waals surface area contributed by atoms with Crippen molar-refractivity contribution in [2.45, 2.75) is 38.8 Å². The predicted octanol–water partition coefficient (Wildman–Crippen LogP) is 3.23. The summed E-state index contributed by atoms with van der Waals surface area (Å²) in [6, 6.07) is 11.1. The molecule has 2 atom stereocenters. The van der Waals surface area contributed by atoms with Crippen LogP contribution in [0.2, 0.25) is 0 Å². The van der Waals surface area contributed by atoms with E-state index in [1.807, 2.05) is 31.3 Å². The highest BCUT2D eigenvalue weighted by Gasteiger charge is 2.39. The molecule has 150 valence electrons. The number of nitrogens with zero attached hydrogens (tertiary/aromatic N) is 3. The zero-order valence-corrected chi connectivity index (χ0v) is 16.6. The van der Waals surface area contributed by atoms with Crippen LogP contribution in [0.15, 0.2) is 47.4 Å². The lowest BCUT2D eigenvalue weighted by molar-refractivity contribution is 0.305. The van der Waals surface area contributed by atoms with Crippen LogP contribution < -0.4 is 5.56 Å². The number of rotatable bonds is 4. The predicted molar refractivity (Wildman–Crippen MR) is 109 cm³/mol. The van der Waals surface area contributed by atoms with Crippen LogP contribution in [-0.4, -0.2) is 32.5 Å². The van der Waals surface area contributed by atoms with E-state index in [1.165, 1.54) is 11.8 Å². The Morgan fingerprint density at radius 2 is 2.03 bits per heavy atom. The van der Waals surface area contributed by atoms with E-state index in [4.69, 9.17) is 4.98 Å². The summed E-state index contributed by atoms with van der Waals surface area (Å²) >= 11 is 0. The Morgan fingerprint density at radius 3 is 2.90 bits per heavy atom. The molecule has 1 aliphatic heterocycles. The highest BCUT2D eigenvalue weighted by molar-refractivity contribution is 5.28. The second kappa shape index (κ2) is 7.26. The van der Waals surface area contributed by atoms with Crippen molar-refractivity contribution < 1.29 is 4.39 Å². The van der Waals surface area contributed by atoms with Gasteiger partial charge in [0, 0.05) is 48.6 Å². The van der Waals surface area contributed by atoms with Gasteiger partial charge in [0.15, 0.2) is 0 Å². The summed E-state index contributed by atoms with van der Waals surface area (Å²) in [4.78, 5) is 22.3. The first-order chi connectivity index (χ1) is 14.1. The summed E-state index contributed by atoms with van der Waals surface area (Å²) in [5.41, 5.74) is 3.80. The van der Waals surface area contributed by atoms with Gasteiger partial charge in [-0.15, -0.1) is 0 Å². The molecule has 1 saturated heterocycles. The minimum Gasteiger partial charge on any atom is -0.346 e. The Labute approximate surface area is 169 Å². The average molecular weight is 392 g/mol. The largest absolute Gasteiger partial charge is 0.346 e. The number of halogens is 1. The molecule has 5 rings (SSSR count). The van der Waals surface area contributed by atoms with E-state index < -0.39 is 0 Å². The van der Waals surface area contributed by atoms with Crippen molar-refractivity contribution in [3.05, 3.63) is 87.1 Å². The Morgan fingerprint density at radius 1 is 1.17 bits per heavy atom. The van der Waals surface area contributed by atoms with Gasteiger partial charge in [0.05, 0.1) is 12.2 Å². The van der Waals surface area contributed by atoms with Crippen LogP contribution in [0.1, 0.15) is 40.7 Å². The van der Waals surface area contributed by atoms with Crippen LogP contribution in [0.3, 0.4) is 0 Å². The molecular formula is C23H25FN4O. The topological polar surface area (TPSA) is 53.9 Å². The number of fused-ring (bicyclic) bond motifs is 3. The number of benzene rings is 1. The number of aromatic nitrogens is 3. The van der Waals surface area contributed by atoms with Crippen LogP contribution in [-0.2, 0) is 19.5 Å². The van der Waals surface area contributed by atoms with E-state index in [9.17, 15) is 9.18 Å². The molecule has 0 amide bonds. The Hall–Kier alpha value is -2.73. The fraction of sp³-hybridized carbons (Fsp3) is 0.391. The summed E-state index contributed by atoms with van der Waals surface area (Å²) in [5.74, 6) is 1.41.